The van der Waals surface area contributed by atoms with Crippen LogP contribution < -0.4 is 0 Å². The second kappa shape index (κ2) is 13.9. The number of H-pyrrole nitrogens is 3. The largest absolute Gasteiger partial charge is 0.353 e. The van der Waals surface area contributed by atoms with Crippen molar-refractivity contribution in [1.82, 2.24) is 19.9 Å². The number of rotatable bonds is 3. The smallest absolute Gasteiger partial charge is 0.0991 e. The van der Waals surface area contributed by atoms with E-state index < -0.39 is 0 Å². The predicted octanol–water partition coefficient (Wildman–Crippen LogP) is 13.9. The maximum absolute atomic E-state index is 10.3. The molecular formula is C56H31N7. The molecular weight excluding hydrogens is 771 g/mol. The summed E-state index contributed by atoms with van der Waals surface area (Å²) < 4.78 is 0. The van der Waals surface area contributed by atoms with Crippen LogP contribution in [-0.4, -0.2) is 19.9 Å². The number of hydrogen-bond donors (Lipinski definition) is 3. The van der Waals surface area contributed by atoms with Crippen LogP contribution in [0.5, 0.6) is 0 Å². The zero-order valence-corrected chi connectivity index (χ0v) is 33.5. The lowest BCUT2D eigenvalue weighted by atomic mass is 9.95. The van der Waals surface area contributed by atoms with Crippen LogP contribution in [0, 0.1) is 34.0 Å². The van der Waals surface area contributed by atoms with E-state index in [1.165, 1.54) is 0 Å². The van der Waals surface area contributed by atoms with E-state index >= 15 is 0 Å². The molecule has 8 bridgehead atoms. The maximum Gasteiger partial charge on any atom is 0.0991 e. The van der Waals surface area contributed by atoms with E-state index in [2.05, 4.69) is 124 Å². The Balaban J connectivity index is 1.45. The van der Waals surface area contributed by atoms with Crippen LogP contribution in [0.4, 0.5) is 0 Å². The summed E-state index contributed by atoms with van der Waals surface area (Å²) in [7, 11) is 0. The van der Waals surface area contributed by atoms with Gasteiger partial charge in [0.1, 0.15) is 0 Å². The number of aromatic nitrogens is 4. The molecule has 1 aliphatic carbocycles. The molecule has 0 spiro atoms. The van der Waals surface area contributed by atoms with Crippen molar-refractivity contribution in [3.05, 3.63) is 187 Å². The average Bonchev–Trinajstić information content (AvgIpc) is 4.12. The minimum absolute atomic E-state index is 0.537. The fourth-order valence-corrected chi connectivity index (χ4v) is 9.68. The minimum Gasteiger partial charge on any atom is -0.353 e. The molecule has 7 heteroatoms. The number of aromatic amines is 3. The van der Waals surface area contributed by atoms with Crippen molar-refractivity contribution in [2.45, 2.75) is 0 Å². The number of nitrogens with zero attached hydrogens (tertiary/aromatic N) is 4. The van der Waals surface area contributed by atoms with E-state index in [0.717, 1.165) is 121 Å². The van der Waals surface area contributed by atoms with Crippen LogP contribution in [0.3, 0.4) is 0 Å². The predicted molar refractivity (Wildman–Crippen MR) is 254 cm³/mol. The van der Waals surface area contributed by atoms with Gasteiger partial charge < -0.3 is 15.0 Å². The van der Waals surface area contributed by atoms with Gasteiger partial charge in [-0.25, -0.2) is 4.98 Å². The first-order valence-electron chi connectivity index (χ1n) is 20.6. The third kappa shape index (κ3) is 5.40. The van der Waals surface area contributed by atoms with Crippen LogP contribution in [0.2, 0.25) is 0 Å². The Kier molecular flexibility index (Phi) is 7.90. The summed E-state index contributed by atoms with van der Waals surface area (Å²) in [5.41, 5.74) is 15.5. The van der Waals surface area contributed by atoms with Crippen molar-refractivity contribution >= 4 is 65.4 Å². The van der Waals surface area contributed by atoms with E-state index in [0.29, 0.717) is 16.7 Å². The highest BCUT2D eigenvalue weighted by molar-refractivity contribution is 6.25. The number of nitriles is 3. The van der Waals surface area contributed by atoms with Gasteiger partial charge in [0.15, 0.2) is 0 Å². The van der Waals surface area contributed by atoms with Crippen LogP contribution in [0.25, 0.3) is 121 Å². The van der Waals surface area contributed by atoms with E-state index in [1.54, 1.807) is 0 Å². The molecule has 12 rings (SSSR count). The number of nitrogens with one attached hydrogen (secondary N) is 3. The van der Waals surface area contributed by atoms with Gasteiger partial charge in [0.25, 0.3) is 0 Å². The van der Waals surface area contributed by atoms with Crippen LogP contribution >= 0.6 is 0 Å². The van der Waals surface area contributed by atoms with Gasteiger partial charge in [0.05, 0.1) is 79.4 Å². The highest BCUT2D eigenvalue weighted by Crippen LogP contribution is 2.48. The van der Waals surface area contributed by atoms with Gasteiger partial charge in [-0.15, -0.1) is 0 Å². The topological polar surface area (TPSA) is 132 Å². The molecule has 2 aliphatic rings. The normalized spacial score (nSPS) is 11.4. The second-order valence-corrected chi connectivity index (χ2v) is 15.8. The van der Waals surface area contributed by atoms with Crippen LogP contribution in [-0.2, 0) is 0 Å². The molecule has 10 aromatic rings. The highest BCUT2D eigenvalue weighted by Gasteiger charge is 2.26. The Morgan fingerprint density at radius 2 is 0.635 bits per heavy atom. The Hall–Kier alpha value is -9.22. The summed E-state index contributed by atoms with van der Waals surface area (Å²) in [5.74, 6) is 0. The molecule has 7 aromatic carbocycles. The molecule has 0 unspecified atom stereocenters. The van der Waals surface area contributed by atoms with Crippen molar-refractivity contribution in [3.8, 4) is 74.1 Å². The molecule has 0 amide bonds. The fraction of sp³-hybridized carbons (Fsp3) is 0. The van der Waals surface area contributed by atoms with Crippen molar-refractivity contribution < 1.29 is 0 Å². The molecule has 0 saturated carbocycles. The monoisotopic (exact) mass is 801 g/mol. The quantitative estimate of drug-likeness (QED) is 0.164. The minimum atomic E-state index is 0.537. The van der Waals surface area contributed by atoms with E-state index in [4.69, 9.17) is 4.98 Å². The van der Waals surface area contributed by atoms with E-state index in [9.17, 15) is 15.8 Å². The SMILES string of the molecule is N#Cc1cccc(-c2c3nc(c4[nH]c(c(-c5cccc(C#N)c5)c5[nH]c(c(-c6cccc(C#N)c6)c6[nH]c2c2ccccc62)c2ccccc52)c2ccccc42)-c2ccccc2-3)c1. The van der Waals surface area contributed by atoms with Gasteiger partial charge in [-0.05, 0) is 53.1 Å². The molecule has 0 radical (unpaired) electrons. The highest BCUT2D eigenvalue weighted by atomic mass is 14.8. The van der Waals surface area contributed by atoms with Gasteiger partial charge in [-0.1, -0.05) is 133 Å². The van der Waals surface area contributed by atoms with Gasteiger partial charge in [0, 0.05) is 60.1 Å². The molecule has 3 N–H and O–H groups in total. The Bertz CT molecular complexity index is 4030. The average molecular weight is 802 g/mol. The van der Waals surface area contributed by atoms with Gasteiger partial charge in [0.2, 0.25) is 0 Å². The number of hydrogen-bond acceptors (Lipinski definition) is 4. The molecule has 0 saturated heterocycles. The Morgan fingerprint density at radius 1 is 0.317 bits per heavy atom. The zero-order chi connectivity index (χ0) is 42.2. The van der Waals surface area contributed by atoms with Crippen LogP contribution in [0.15, 0.2) is 170 Å². The summed E-state index contributed by atoms with van der Waals surface area (Å²) in [5, 5.41) is 36.7. The van der Waals surface area contributed by atoms with Gasteiger partial charge in [-0.3, -0.25) is 0 Å². The second-order valence-electron chi connectivity index (χ2n) is 15.8. The molecule has 0 fully saturated rings. The summed E-state index contributed by atoms with van der Waals surface area (Å²) in [4.78, 5) is 17.6. The lowest BCUT2D eigenvalue weighted by molar-refractivity contribution is 1.40. The molecule has 4 heterocycles. The van der Waals surface area contributed by atoms with Crippen molar-refractivity contribution in [3.63, 3.8) is 0 Å². The van der Waals surface area contributed by atoms with E-state index in [1.807, 2.05) is 78.9 Å². The first-order valence-corrected chi connectivity index (χ1v) is 20.6. The van der Waals surface area contributed by atoms with Gasteiger partial charge >= 0.3 is 0 Å². The molecule has 1 aliphatic heterocycles. The van der Waals surface area contributed by atoms with Crippen molar-refractivity contribution in [2.75, 3.05) is 0 Å². The van der Waals surface area contributed by atoms with Crippen molar-refractivity contribution in [2.24, 2.45) is 0 Å². The molecule has 63 heavy (non-hydrogen) atoms. The third-order valence-corrected chi connectivity index (χ3v) is 12.4. The number of fused-ring (bicyclic) bond motifs is 1. The zero-order valence-electron chi connectivity index (χ0n) is 33.5. The summed E-state index contributed by atoms with van der Waals surface area (Å²) in [6.07, 6.45) is 0. The molecule has 3 aromatic heterocycles. The van der Waals surface area contributed by atoms with Gasteiger partial charge in [-0.2, -0.15) is 15.8 Å². The van der Waals surface area contributed by atoms with Crippen LogP contribution in [0.1, 0.15) is 16.7 Å². The lowest BCUT2D eigenvalue weighted by Crippen LogP contribution is -1.87. The number of benzene rings is 7. The first kappa shape index (κ1) is 35.7. The Morgan fingerprint density at radius 3 is 1.03 bits per heavy atom. The Labute approximate surface area is 360 Å². The van der Waals surface area contributed by atoms with E-state index in [-0.39, 0.29) is 0 Å². The third-order valence-electron chi connectivity index (χ3n) is 12.4. The maximum atomic E-state index is 10.3. The standard InChI is InChI=1S/C56H31N7/c57-29-32-12-9-15-35(26-32)46-49-38-18-1-3-20-40(38)51(60-49)47(36-16-10-13-33(27-36)30-58)53-42-22-5-7-24-44(42)55(62-53)56-45-25-8-6-23-43(45)54(63-56)48(37-17-11-14-34(28-37)31-59)52-41-21-4-2-19-39(41)50(46)61-52/h1-28,60-62H. The molecule has 0 atom stereocenters. The first-order chi connectivity index (χ1) is 31.1. The summed E-state index contributed by atoms with van der Waals surface area (Å²) in [6, 6.07) is 63.9. The molecule has 290 valence electrons. The van der Waals surface area contributed by atoms with Crippen molar-refractivity contribution in [1.29, 1.82) is 15.8 Å². The summed E-state index contributed by atoms with van der Waals surface area (Å²) >= 11 is 0. The fourth-order valence-electron chi connectivity index (χ4n) is 9.68. The summed E-state index contributed by atoms with van der Waals surface area (Å²) in [6.45, 7) is 0. The lowest BCUT2D eigenvalue weighted by Gasteiger charge is -2.08. The molecule has 7 nitrogen and oxygen atoms in total.